The molecule has 33 heavy (non-hydrogen) atoms. The summed E-state index contributed by atoms with van der Waals surface area (Å²) in [5.74, 6) is 0.974. The second-order valence-corrected chi connectivity index (χ2v) is 9.27. The standard InChI is InChI=1S/C24H32N8O/c1-15-13-32-21(28-23(15)30-11-9-18(25)14-30)12-19(29-32)20-4-2-3-10-31(20)24(33)17-7-5-16(6-8-17)22(26)27/h5-8,12-13,18,20,22H,2-4,9-11,14,25-27H2,1H3/t18-,20-/m0/s1. The molecular weight excluding hydrogens is 416 g/mol. The van der Waals surface area contributed by atoms with Crippen LogP contribution in [-0.4, -0.2) is 51.1 Å². The predicted octanol–water partition coefficient (Wildman–Crippen LogP) is 1.86. The third-order valence-electron chi connectivity index (χ3n) is 6.80. The molecule has 2 saturated heterocycles. The van der Waals surface area contributed by atoms with Gasteiger partial charge in [-0.2, -0.15) is 5.10 Å². The van der Waals surface area contributed by atoms with Crippen LogP contribution < -0.4 is 22.1 Å². The molecule has 0 spiro atoms. The van der Waals surface area contributed by atoms with Gasteiger partial charge in [0.15, 0.2) is 5.65 Å². The van der Waals surface area contributed by atoms with Crippen LogP contribution in [-0.2, 0) is 0 Å². The molecule has 2 fully saturated rings. The highest BCUT2D eigenvalue weighted by atomic mass is 16.2. The normalized spacial score (nSPS) is 21.4. The van der Waals surface area contributed by atoms with Gasteiger partial charge in [-0.05, 0) is 50.3 Å². The lowest BCUT2D eigenvalue weighted by molar-refractivity contribution is 0.0605. The summed E-state index contributed by atoms with van der Waals surface area (Å²) in [6.45, 7) is 4.51. The first-order chi connectivity index (χ1) is 15.9. The fraction of sp³-hybridized carbons (Fsp3) is 0.458. The highest BCUT2D eigenvalue weighted by molar-refractivity contribution is 5.94. The van der Waals surface area contributed by atoms with Gasteiger partial charge in [-0.3, -0.25) is 4.79 Å². The second kappa shape index (κ2) is 8.74. The molecule has 0 bridgehead atoms. The maximum atomic E-state index is 13.4. The van der Waals surface area contributed by atoms with Gasteiger partial charge in [0, 0.05) is 49.1 Å². The van der Waals surface area contributed by atoms with Crippen LogP contribution in [0.2, 0.25) is 0 Å². The number of piperidine rings is 1. The van der Waals surface area contributed by atoms with E-state index in [1.807, 2.05) is 33.8 Å². The third kappa shape index (κ3) is 4.19. The number of nitrogens with zero attached hydrogens (tertiary/aromatic N) is 5. The van der Waals surface area contributed by atoms with Gasteiger partial charge >= 0.3 is 0 Å². The minimum atomic E-state index is -0.549. The molecule has 0 aliphatic carbocycles. The zero-order valence-corrected chi connectivity index (χ0v) is 19.0. The average molecular weight is 449 g/mol. The first kappa shape index (κ1) is 21.8. The van der Waals surface area contributed by atoms with E-state index in [2.05, 4.69) is 11.8 Å². The highest BCUT2D eigenvalue weighted by Gasteiger charge is 2.31. The Kier molecular flexibility index (Phi) is 5.77. The number of carbonyl (C=O) groups excluding carboxylic acids is 1. The number of nitrogens with two attached hydrogens (primary N) is 3. The number of hydrogen-bond acceptors (Lipinski definition) is 7. The molecule has 9 nitrogen and oxygen atoms in total. The van der Waals surface area contributed by atoms with Gasteiger partial charge in [0.2, 0.25) is 0 Å². The summed E-state index contributed by atoms with van der Waals surface area (Å²) in [6, 6.07) is 9.38. The Labute approximate surface area is 193 Å². The van der Waals surface area contributed by atoms with E-state index in [1.54, 1.807) is 12.1 Å². The molecule has 0 radical (unpaired) electrons. The number of benzene rings is 1. The summed E-state index contributed by atoms with van der Waals surface area (Å²) < 4.78 is 1.83. The largest absolute Gasteiger partial charge is 0.355 e. The summed E-state index contributed by atoms with van der Waals surface area (Å²) >= 11 is 0. The molecule has 174 valence electrons. The number of amides is 1. The fourth-order valence-corrected chi connectivity index (χ4v) is 4.98. The Morgan fingerprint density at radius 1 is 1.12 bits per heavy atom. The number of fused-ring (bicyclic) bond motifs is 1. The molecule has 2 aromatic heterocycles. The van der Waals surface area contributed by atoms with E-state index in [1.165, 1.54) is 0 Å². The summed E-state index contributed by atoms with van der Waals surface area (Å²) in [5.41, 5.74) is 21.8. The van der Waals surface area contributed by atoms with Crippen molar-refractivity contribution >= 4 is 17.4 Å². The molecule has 0 saturated carbocycles. The zero-order valence-electron chi connectivity index (χ0n) is 19.0. The topological polar surface area (TPSA) is 132 Å². The third-order valence-corrected chi connectivity index (χ3v) is 6.80. The Morgan fingerprint density at radius 2 is 1.91 bits per heavy atom. The van der Waals surface area contributed by atoms with Crippen LogP contribution in [0.4, 0.5) is 5.82 Å². The van der Waals surface area contributed by atoms with E-state index >= 15 is 0 Å². The van der Waals surface area contributed by atoms with E-state index in [0.717, 1.165) is 67.1 Å². The smallest absolute Gasteiger partial charge is 0.254 e. The van der Waals surface area contributed by atoms with E-state index in [9.17, 15) is 4.79 Å². The average Bonchev–Trinajstić information content (AvgIpc) is 3.43. The Morgan fingerprint density at radius 3 is 2.61 bits per heavy atom. The summed E-state index contributed by atoms with van der Waals surface area (Å²) in [6.07, 6.45) is 5.38. The molecule has 2 aliphatic heterocycles. The van der Waals surface area contributed by atoms with Gasteiger partial charge in [-0.15, -0.1) is 0 Å². The Hall–Kier alpha value is -3.01. The quantitative estimate of drug-likeness (QED) is 0.519. The number of anilines is 1. The molecule has 4 heterocycles. The van der Waals surface area contributed by atoms with Crippen molar-refractivity contribution in [3.8, 4) is 0 Å². The molecule has 3 aromatic rings. The monoisotopic (exact) mass is 448 g/mol. The van der Waals surface area contributed by atoms with Crippen molar-refractivity contribution in [3.63, 3.8) is 0 Å². The van der Waals surface area contributed by atoms with Gasteiger partial charge in [0.1, 0.15) is 5.82 Å². The minimum Gasteiger partial charge on any atom is -0.355 e. The van der Waals surface area contributed by atoms with Gasteiger partial charge in [0.05, 0.1) is 17.9 Å². The maximum absolute atomic E-state index is 13.4. The van der Waals surface area contributed by atoms with E-state index in [4.69, 9.17) is 27.3 Å². The van der Waals surface area contributed by atoms with Crippen LogP contribution in [0.15, 0.2) is 36.5 Å². The van der Waals surface area contributed by atoms with Crippen molar-refractivity contribution in [2.75, 3.05) is 24.5 Å². The second-order valence-electron chi connectivity index (χ2n) is 9.27. The van der Waals surface area contributed by atoms with Crippen molar-refractivity contribution < 1.29 is 4.79 Å². The van der Waals surface area contributed by atoms with Crippen LogP contribution >= 0.6 is 0 Å². The number of aryl methyl sites for hydroxylation is 1. The molecule has 1 aromatic carbocycles. The molecule has 6 N–H and O–H groups in total. The van der Waals surface area contributed by atoms with Crippen molar-refractivity contribution in [2.45, 2.75) is 50.9 Å². The molecule has 9 heteroatoms. The summed E-state index contributed by atoms with van der Waals surface area (Å²) in [4.78, 5) is 22.5. The van der Waals surface area contributed by atoms with Crippen LogP contribution in [0.5, 0.6) is 0 Å². The SMILES string of the molecule is Cc1cn2nc([C@@H]3CCCCN3C(=O)c3ccc(C(N)N)cc3)cc2nc1N1CC[C@H](N)C1. The van der Waals surface area contributed by atoms with Gasteiger partial charge in [-0.25, -0.2) is 9.50 Å². The number of likely N-dealkylation sites (tertiary alicyclic amines) is 1. The Bertz CT molecular complexity index is 1160. The lowest BCUT2D eigenvalue weighted by Crippen LogP contribution is -2.38. The van der Waals surface area contributed by atoms with Crippen LogP contribution in [0.3, 0.4) is 0 Å². The number of rotatable bonds is 4. The lowest BCUT2D eigenvalue weighted by Gasteiger charge is -2.34. The lowest BCUT2D eigenvalue weighted by atomic mass is 9.98. The van der Waals surface area contributed by atoms with E-state index in [0.29, 0.717) is 12.1 Å². The Balaban J connectivity index is 1.43. The summed E-state index contributed by atoms with van der Waals surface area (Å²) in [7, 11) is 0. The zero-order chi connectivity index (χ0) is 23.1. The predicted molar refractivity (Wildman–Crippen MR) is 128 cm³/mol. The molecule has 1 amide bonds. The van der Waals surface area contributed by atoms with Gasteiger partial charge in [0.25, 0.3) is 5.91 Å². The van der Waals surface area contributed by atoms with Crippen LogP contribution in [0.1, 0.15) is 65.1 Å². The molecule has 2 aliphatic rings. The molecule has 5 rings (SSSR count). The minimum absolute atomic E-state index is 0.00443. The van der Waals surface area contributed by atoms with Crippen LogP contribution in [0.25, 0.3) is 5.65 Å². The summed E-state index contributed by atoms with van der Waals surface area (Å²) in [5, 5.41) is 4.83. The molecule has 0 unspecified atom stereocenters. The van der Waals surface area contributed by atoms with E-state index < -0.39 is 6.17 Å². The maximum Gasteiger partial charge on any atom is 0.254 e. The first-order valence-corrected chi connectivity index (χ1v) is 11.7. The van der Waals surface area contributed by atoms with Gasteiger partial charge in [-0.1, -0.05) is 12.1 Å². The molecular formula is C24H32N8O. The number of aromatic nitrogens is 3. The fourth-order valence-electron chi connectivity index (χ4n) is 4.98. The molecule has 2 atom stereocenters. The van der Waals surface area contributed by atoms with Crippen molar-refractivity contribution in [1.29, 1.82) is 0 Å². The van der Waals surface area contributed by atoms with Crippen molar-refractivity contribution in [2.24, 2.45) is 17.2 Å². The van der Waals surface area contributed by atoms with Crippen LogP contribution in [0, 0.1) is 6.92 Å². The van der Waals surface area contributed by atoms with Crippen molar-refractivity contribution in [3.05, 3.63) is 58.9 Å². The number of carbonyl (C=O) groups is 1. The first-order valence-electron chi connectivity index (χ1n) is 11.7. The highest BCUT2D eigenvalue weighted by Crippen LogP contribution is 2.32. The number of hydrogen-bond donors (Lipinski definition) is 3. The van der Waals surface area contributed by atoms with Gasteiger partial charge < -0.3 is 27.0 Å². The van der Waals surface area contributed by atoms with Crippen molar-refractivity contribution in [1.82, 2.24) is 19.5 Å². The van der Waals surface area contributed by atoms with E-state index in [-0.39, 0.29) is 18.0 Å².